The van der Waals surface area contributed by atoms with Crippen LogP contribution in [0, 0.1) is 0 Å². The van der Waals surface area contributed by atoms with Crippen molar-refractivity contribution >= 4 is 23.3 Å². The lowest BCUT2D eigenvalue weighted by Crippen LogP contribution is -2.43. The van der Waals surface area contributed by atoms with E-state index in [1.54, 1.807) is 0 Å². The van der Waals surface area contributed by atoms with Crippen molar-refractivity contribution in [2.75, 3.05) is 6.54 Å². The van der Waals surface area contributed by atoms with Crippen molar-refractivity contribution in [1.29, 1.82) is 0 Å². The first-order valence-corrected chi connectivity index (χ1v) is 5.85. The van der Waals surface area contributed by atoms with Crippen LogP contribution in [0.3, 0.4) is 0 Å². The van der Waals surface area contributed by atoms with E-state index in [2.05, 4.69) is 10.6 Å². The van der Waals surface area contributed by atoms with Crippen LogP contribution >= 0.6 is 12.2 Å². The summed E-state index contributed by atoms with van der Waals surface area (Å²) in [5.41, 5.74) is 0. The van der Waals surface area contributed by atoms with E-state index >= 15 is 0 Å². The number of carboxylic acids is 1. The first-order valence-electron chi connectivity index (χ1n) is 5.44. The Kier molecular flexibility index (Phi) is 5.39. The molecule has 86 valence electrons. The molecule has 0 saturated heterocycles. The summed E-state index contributed by atoms with van der Waals surface area (Å²) in [6, 6.07) is 0.476. The third-order valence-electron chi connectivity index (χ3n) is 2.56. The zero-order valence-electron chi connectivity index (χ0n) is 8.79. The third kappa shape index (κ3) is 5.57. The van der Waals surface area contributed by atoms with Crippen LogP contribution < -0.4 is 10.6 Å². The molecule has 0 atom stereocenters. The van der Waals surface area contributed by atoms with Gasteiger partial charge in [-0.15, -0.1) is 0 Å². The van der Waals surface area contributed by atoms with Crippen LogP contribution in [0.4, 0.5) is 0 Å². The van der Waals surface area contributed by atoms with Gasteiger partial charge in [0.05, 0.1) is 6.42 Å². The van der Waals surface area contributed by atoms with Gasteiger partial charge in [-0.1, -0.05) is 19.3 Å². The van der Waals surface area contributed by atoms with Crippen molar-refractivity contribution in [2.45, 2.75) is 44.6 Å². The summed E-state index contributed by atoms with van der Waals surface area (Å²) in [4.78, 5) is 10.3. The molecule has 0 unspecified atom stereocenters. The molecule has 0 aromatic carbocycles. The standard InChI is InChI=1S/C10H18N2O2S/c13-9(14)6-7-11-10(15)12-8-4-2-1-3-5-8/h8H,1-7H2,(H,13,14)(H2,11,12,15). The monoisotopic (exact) mass is 230 g/mol. The Balaban J connectivity index is 2.09. The van der Waals surface area contributed by atoms with E-state index in [4.69, 9.17) is 17.3 Å². The average Bonchev–Trinajstić information content (AvgIpc) is 2.18. The predicted octanol–water partition coefficient (Wildman–Crippen LogP) is 1.26. The summed E-state index contributed by atoms with van der Waals surface area (Å²) in [6.45, 7) is 0.397. The first kappa shape index (κ1) is 12.2. The van der Waals surface area contributed by atoms with Crippen molar-refractivity contribution < 1.29 is 9.90 Å². The maximum atomic E-state index is 10.3. The average molecular weight is 230 g/mol. The molecule has 3 N–H and O–H groups in total. The van der Waals surface area contributed by atoms with E-state index in [1.165, 1.54) is 32.1 Å². The summed E-state index contributed by atoms with van der Waals surface area (Å²) in [5, 5.41) is 15.2. The van der Waals surface area contributed by atoms with Gasteiger partial charge in [-0.25, -0.2) is 0 Å². The molecular weight excluding hydrogens is 212 g/mol. The highest BCUT2D eigenvalue weighted by molar-refractivity contribution is 7.80. The fourth-order valence-electron chi connectivity index (χ4n) is 1.77. The van der Waals surface area contributed by atoms with Gasteiger partial charge in [0.2, 0.25) is 0 Å². The van der Waals surface area contributed by atoms with Gasteiger partial charge in [0, 0.05) is 12.6 Å². The van der Waals surface area contributed by atoms with Gasteiger partial charge >= 0.3 is 5.97 Å². The fourth-order valence-corrected chi connectivity index (χ4v) is 2.04. The summed E-state index contributed by atoms with van der Waals surface area (Å²) in [7, 11) is 0. The van der Waals surface area contributed by atoms with Crippen LogP contribution in [0.1, 0.15) is 38.5 Å². The van der Waals surface area contributed by atoms with Gasteiger partial charge < -0.3 is 15.7 Å². The Bertz CT molecular complexity index is 227. The van der Waals surface area contributed by atoms with Crippen molar-refractivity contribution in [3.8, 4) is 0 Å². The quantitative estimate of drug-likeness (QED) is 0.635. The molecule has 0 amide bonds. The number of nitrogens with one attached hydrogen (secondary N) is 2. The molecule has 1 saturated carbocycles. The number of carboxylic acid groups (broad SMARTS) is 1. The minimum Gasteiger partial charge on any atom is -0.481 e. The van der Waals surface area contributed by atoms with Crippen molar-refractivity contribution in [3.05, 3.63) is 0 Å². The second-order valence-corrected chi connectivity index (χ2v) is 4.29. The molecule has 0 aromatic heterocycles. The summed E-state index contributed by atoms with van der Waals surface area (Å²) < 4.78 is 0. The van der Waals surface area contributed by atoms with Crippen LogP contribution in [-0.2, 0) is 4.79 Å². The van der Waals surface area contributed by atoms with E-state index in [0.29, 0.717) is 17.7 Å². The Morgan fingerprint density at radius 1 is 1.33 bits per heavy atom. The molecule has 0 spiro atoms. The second-order valence-electron chi connectivity index (χ2n) is 3.88. The minimum atomic E-state index is -0.803. The Morgan fingerprint density at radius 2 is 2.00 bits per heavy atom. The highest BCUT2D eigenvalue weighted by Crippen LogP contribution is 2.17. The van der Waals surface area contributed by atoms with Gasteiger partial charge in [-0.05, 0) is 25.1 Å². The maximum Gasteiger partial charge on any atom is 0.305 e. The Morgan fingerprint density at radius 3 is 2.60 bits per heavy atom. The fraction of sp³-hybridized carbons (Fsp3) is 0.800. The Labute approximate surface area is 95.4 Å². The SMILES string of the molecule is O=C(O)CCNC(=S)NC1CCCCC1. The number of aliphatic carboxylic acids is 1. The lowest BCUT2D eigenvalue weighted by molar-refractivity contribution is -0.136. The molecule has 0 heterocycles. The van der Waals surface area contributed by atoms with Crippen LogP contribution in [0.5, 0.6) is 0 Å². The van der Waals surface area contributed by atoms with E-state index in [-0.39, 0.29) is 6.42 Å². The predicted molar refractivity (Wildman–Crippen MR) is 62.9 cm³/mol. The zero-order valence-corrected chi connectivity index (χ0v) is 9.61. The molecule has 0 aromatic rings. The summed E-state index contributed by atoms with van der Waals surface area (Å²) in [6.07, 6.45) is 6.27. The smallest absolute Gasteiger partial charge is 0.305 e. The molecule has 1 fully saturated rings. The zero-order chi connectivity index (χ0) is 11.1. The van der Waals surface area contributed by atoms with Gasteiger partial charge in [0.15, 0.2) is 5.11 Å². The number of rotatable bonds is 4. The lowest BCUT2D eigenvalue weighted by Gasteiger charge is -2.24. The van der Waals surface area contributed by atoms with E-state index in [9.17, 15) is 4.79 Å². The van der Waals surface area contributed by atoms with Gasteiger partial charge in [-0.3, -0.25) is 4.79 Å². The number of hydrogen-bond acceptors (Lipinski definition) is 2. The van der Waals surface area contributed by atoms with Crippen molar-refractivity contribution in [3.63, 3.8) is 0 Å². The highest BCUT2D eigenvalue weighted by atomic mass is 32.1. The molecule has 0 radical (unpaired) electrons. The largest absolute Gasteiger partial charge is 0.481 e. The summed E-state index contributed by atoms with van der Waals surface area (Å²) in [5.74, 6) is -0.803. The van der Waals surface area contributed by atoms with Crippen LogP contribution in [0.25, 0.3) is 0 Å². The van der Waals surface area contributed by atoms with Gasteiger partial charge in [-0.2, -0.15) is 0 Å². The van der Waals surface area contributed by atoms with E-state index in [0.717, 1.165) is 0 Å². The molecule has 1 aliphatic rings. The first-order chi connectivity index (χ1) is 7.18. The van der Waals surface area contributed by atoms with Gasteiger partial charge in [0.25, 0.3) is 0 Å². The van der Waals surface area contributed by atoms with Crippen LogP contribution in [-0.4, -0.2) is 28.8 Å². The Hall–Kier alpha value is -0.840. The molecule has 0 aliphatic heterocycles. The van der Waals surface area contributed by atoms with Crippen molar-refractivity contribution in [2.24, 2.45) is 0 Å². The van der Waals surface area contributed by atoms with E-state index < -0.39 is 5.97 Å². The lowest BCUT2D eigenvalue weighted by atomic mass is 9.96. The minimum absolute atomic E-state index is 0.104. The molecule has 15 heavy (non-hydrogen) atoms. The highest BCUT2D eigenvalue weighted by Gasteiger charge is 2.13. The number of hydrogen-bond donors (Lipinski definition) is 3. The van der Waals surface area contributed by atoms with Gasteiger partial charge in [0.1, 0.15) is 0 Å². The molecule has 1 aliphatic carbocycles. The molecule has 1 rings (SSSR count). The summed E-state index contributed by atoms with van der Waals surface area (Å²) >= 11 is 5.07. The van der Waals surface area contributed by atoms with Crippen molar-refractivity contribution in [1.82, 2.24) is 10.6 Å². The number of carbonyl (C=O) groups is 1. The number of thiocarbonyl (C=S) groups is 1. The molecule has 0 bridgehead atoms. The maximum absolute atomic E-state index is 10.3. The molecule has 4 nitrogen and oxygen atoms in total. The molecule has 5 heteroatoms. The van der Waals surface area contributed by atoms with Crippen LogP contribution in [0.2, 0.25) is 0 Å². The molecular formula is C10H18N2O2S. The van der Waals surface area contributed by atoms with Crippen LogP contribution in [0.15, 0.2) is 0 Å². The normalized spacial score (nSPS) is 17.1. The van der Waals surface area contributed by atoms with E-state index in [1.807, 2.05) is 0 Å². The topological polar surface area (TPSA) is 61.4 Å². The third-order valence-corrected chi connectivity index (χ3v) is 2.83. The second kappa shape index (κ2) is 6.61.